The molecule has 0 spiro atoms. The van der Waals surface area contributed by atoms with Crippen LogP contribution in [0.5, 0.6) is 0 Å². The van der Waals surface area contributed by atoms with Gasteiger partial charge in [-0.25, -0.2) is 4.90 Å². The summed E-state index contributed by atoms with van der Waals surface area (Å²) >= 11 is 6.11. The van der Waals surface area contributed by atoms with E-state index >= 15 is 0 Å². The van der Waals surface area contributed by atoms with Crippen LogP contribution < -0.4 is 4.90 Å². The molecule has 7 heteroatoms. The number of anilines is 1. The van der Waals surface area contributed by atoms with E-state index in [2.05, 4.69) is 0 Å². The monoisotopic (exact) mass is 430 g/mol. The predicted molar refractivity (Wildman–Crippen MR) is 113 cm³/mol. The number of hydrogen-bond donors (Lipinski definition) is 0. The Bertz CT molecular complexity index is 1270. The van der Waals surface area contributed by atoms with Crippen LogP contribution in [-0.4, -0.2) is 16.7 Å². The fraction of sp³-hybridized carbons (Fsp3) is 0.167. The highest BCUT2D eigenvalue weighted by Gasteiger charge is 2.74. The summed E-state index contributed by atoms with van der Waals surface area (Å²) in [6.45, 7) is 0. The normalized spacial score (nSPS) is 27.6. The molecule has 1 saturated heterocycles. The van der Waals surface area contributed by atoms with E-state index in [0.717, 1.165) is 16.0 Å². The van der Waals surface area contributed by atoms with Gasteiger partial charge in [0.2, 0.25) is 11.8 Å². The Hall–Kier alpha value is -3.51. The molecule has 2 bridgehead atoms. The molecular weight excluding hydrogens is 416 g/mol. The summed E-state index contributed by atoms with van der Waals surface area (Å²) in [7, 11) is 0. The number of nitro groups is 1. The maximum Gasteiger partial charge on any atom is 0.285 e. The zero-order valence-electron chi connectivity index (χ0n) is 16.1. The lowest BCUT2D eigenvalue weighted by Crippen LogP contribution is -2.57. The van der Waals surface area contributed by atoms with Crippen LogP contribution in [0.15, 0.2) is 72.8 Å². The second-order valence-electron chi connectivity index (χ2n) is 8.17. The summed E-state index contributed by atoms with van der Waals surface area (Å²) in [6, 6.07) is 20.7. The first-order valence-corrected chi connectivity index (χ1v) is 10.3. The van der Waals surface area contributed by atoms with E-state index in [1.54, 1.807) is 42.5 Å². The van der Waals surface area contributed by atoms with Crippen molar-refractivity contribution in [3.63, 3.8) is 0 Å². The molecule has 0 N–H and O–H groups in total. The number of amides is 2. The van der Waals surface area contributed by atoms with Gasteiger partial charge >= 0.3 is 0 Å². The summed E-state index contributed by atoms with van der Waals surface area (Å²) in [6.07, 6.45) is 0. The molecule has 1 heterocycles. The molecule has 152 valence electrons. The molecule has 0 saturated carbocycles. The Morgan fingerprint density at radius 3 is 2.06 bits per heavy atom. The standard InChI is InChI=1S/C24H15ClN2O4/c25-13-6-5-7-14(12-13)26-22(28)20-19-15-8-1-3-10-17(15)24(27(30)31,21(20)23(26)29)18-11-4-2-9-16(18)19/h1-12,19-21H/t19?,20-,21+,24?/m0/s1. The smallest absolute Gasteiger partial charge is 0.274 e. The molecule has 3 aromatic rings. The fourth-order valence-electron chi connectivity index (χ4n) is 5.91. The molecule has 1 aliphatic heterocycles. The van der Waals surface area contributed by atoms with Crippen molar-refractivity contribution in [2.75, 3.05) is 4.90 Å². The minimum absolute atomic E-state index is 0.336. The number of carbonyl (C=O) groups is 2. The molecule has 6 nitrogen and oxygen atoms in total. The largest absolute Gasteiger partial charge is 0.285 e. The maximum absolute atomic E-state index is 13.7. The zero-order valence-corrected chi connectivity index (χ0v) is 16.8. The molecule has 4 aliphatic rings. The molecule has 2 atom stereocenters. The molecule has 0 aromatic heterocycles. The van der Waals surface area contributed by atoms with Gasteiger partial charge in [0, 0.05) is 27.0 Å². The molecule has 1 fully saturated rings. The number of rotatable bonds is 2. The minimum Gasteiger partial charge on any atom is -0.274 e. The van der Waals surface area contributed by atoms with Crippen molar-refractivity contribution in [2.45, 2.75) is 11.5 Å². The molecule has 0 radical (unpaired) electrons. The van der Waals surface area contributed by atoms with Crippen molar-refractivity contribution in [2.24, 2.45) is 11.8 Å². The summed E-state index contributed by atoms with van der Waals surface area (Å²) in [5, 5.41) is 13.2. The van der Waals surface area contributed by atoms with Gasteiger partial charge in [0.05, 0.1) is 11.6 Å². The van der Waals surface area contributed by atoms with Gasteiger partial charge in [-0.15, -0.1) is 0 Å². The van der Waals surface area contributed by atoms with Crippen LogP contribution in [0.3, 0.4) is 0 Å². The van der Waals surface area contributed by atoms with E-state index in [4.69, 9.17) is 11.6 Å². The van der Waals surface area contributed by atoms with Crippen LogP contribution in [-0.2, 0) is 15.1 Å². The summed E-state index contributed by atoms with van der Waals surface area (Å²) in [5.74, 6) is -3.36. The highest BCUT2D eigenvalue weighted by molar-refractivity contribution is 6.31. The SMILES string of the molecule is O=C1[C@H]2C3c4ccccc4C([N+](=O)[O-])(c4ccccc43)[C@H]2C(=O)N1c1cccc(Cl)c1. The molecule has 3 aliphatic carbocycles. The highest BCUT2D eigenvalue weighted by Crippen LogP contribution is 2.64. The Morgan fingerprint density at radius 2 is 1.48 bits per heavy atom. The third-order valence-electron chi connectivity index (χ3n) is 6.93. The van der Waals surface area contributed by atoms with Gasteiger partial charge in [0.1, 0.15) is 5.92 Å². The van der Waals surface area contributed by atoms with Crippen molar-refractivity contribution in [1.82, 2.24) is 0 Å². The zero-order chi connectivity index (χ0) is 21.5. The molecule has 7 rings (SSSR count). The van der Waals surface area contributed by atoms with Crippen LogP contribution in [0.1, 0.15) is 28.2 Å². The van der Waals surface area contributed by atoms with E-state index < -0.39 is 35.1 Å². The number of benzene rings is 3. The van der Waals surface area contributed by atoms with Gasteiger partial charge in [-0.3, -0.25) is 19.7 Å². The van der Waals surface area contributed by atoms with Crippen LogP contribution in [0.25, 0.3) is 0 Å². The highest BCUT2D eigenvalue weighted by atomic mass is 35.5. The Morgan fingerprint density at radius 1 is 0.871 bits per heavy atom. The van der Waals surface area contributed by atoms with Crippen molar-refractivity contribution in [3.8, 4) is 0 Å². The van der Waals surface area contributed by atoms with Gasteiger partial charge in [-0.1, -0.05) is 66.2 Å². The topological polar surface area (TPSA) is 80.5 Å². The van der Waals surface area contributed by atoms with Gasteiger partial charge in [-0.05, 0) is 29.3 Å². The van der Waals surface area contributed by atoms with Crippen molar-refractivity contribution in [1.29, 1.82) is 0 Å². The first kappa shape index (κ1) is 18.3. The van der Waals surface area contributed by atoms with E-state index in [1.165, 1.54) is 6.07 Å². The van der Waals surface area contributed by atoms with Gasteiger partial charge in [0.25, 0.3) is 5.54 Å². The number of halogens is 1. The third kappa shape index (κ3) is 2.03. The van der Waals surface area contributed by atoms with Crippen LogP contribution in [0, 0.1) is 22.0 Å². The van der Waals surface area contributed by atoms with Gasteiger partial charge in [0.15, 0.2) is 0 Å². The second kappa shape index (κ2) is 6.02. The Kier molecular flexibility index (Phi) is 3.55. The number of hydrogen-bond acceptors (Lipinski definition) is 4. The van der Waals surface area contributed by atoms with E-state index in [1.807, 2.05) is 24.3 Å². The first-order valence-electron chi connectivity index (χ1n) is 9.94. The van der Waals surface area contributed by atoms with E-state index in [-0.39, 0.29) is 4.92 Å². The second-order valence-corrected chi connectivity index (χ2v) is 8.61. The third-order valence-corrected chi connectivity index (χ3v) is 7.16. The van der Waals surface area contributed by atoms with Crippen molar-refractivity contribution in [3.05, 3.63) is 110 Å². The molecule has 31 heavy (non-hydrogen) atoms. The van der Waals surface area contributed by atoms with Gasteiger partial charge in [-0.2, -0.15) is 0 Å². The van der Waals surface area contributed by atoms with Crippen LogP contribution in [0.4, 0.5) is 5.69 Å². The molecule has 0 unspecified atom stereocenters. The summed E-state index contributed by atoms with van der Waals surface area (Å²) in [5.41, 5.74) is 1.01. The average Bonchev–Trinajstić information content (AvgIpc) is 3.04. The molecule has 2 amide bonds. The fourth-order valence-corrected chi connectivity index (χ4v) is 6.10. The lowest BCUT2D eigenvalue weighted by molar-refractivity contribution is -0.578. The summed E-state index contributed by atoms with van der Waals surface area (Å²) in [4.78, 5) is 41.0. The Labute approximate surface area is 182 Å². The number of nitrogens with zero attached hydrogens (tertiary/aromatic N) is 2. The average molecular weight is 431 g/mol. The van der Waals surface area contributed by atoms with Crippen molar-refractivity contribution >= 4 is 29.1 Å². The van der Waals surface area contributed by atoms with E-state index in [9.17, 15) is 19.7 Å². The number of imide groups is 1. The number of carbonyl (C=O) groups excluding carboxylic acids is 2. The maximum atomic E-state index is 13.7. The van der Waals surface area contributed by atoms with Crippen LogP contribution >= 0.6 is 11.6 Å². The minimum atomic E-state index is -1.81. The quantitative estimate of drug-likeness (QED) is 0.348. The Balaban J connectivity index is 1.68. The predicted octanol–water partition coefficient (Wildman–Crippen LogP) is 4.13. The lowest BCUT2D eigenvalue weighted by atomic mass is 9.51. The molecule has 3 aromatic carbocycles. The van der Waals surface area contributed by atoms with Crippen LogP contribution in [0.2, 0.25) is 5.02 Å². The first-order chi connectivity index (χ1) is 15.0. The summed E-state index contributed by atoms with van der Waals surface area (Å²) < 4.78 is 0. The van der Waals surface area contributed by atoms with E-state index in [0.29, 0.717) is 21.8 Å². The lowest BCUT2D eigenvalue weighted by Gasteiger charge is -2.48. The van der Waals surface area contributed by atoms with Crippen molar-refractivity contribution < 1.29 is 14.5 Å². The molecular formula is C24H15ClN2O4. The van der Waals surface area contributed by atoms with Gasteiger partial charge < -0.3 is 0 Å².